The first kappa shape index (κ1) is 15.7. The quantitative estimate of drug-likeness (QED) is 0.672. The van der Waals surface area contributed by atoms with E-state index in [-0.39, 0.29) is 12.6 Å². The highest BCUT2D eigenvalue weighted by Gasteiger charge is 2.19. The van der Waals surface area contributed by atoms with E-state index >= 15 is 0 Å². The van der Waals surface area contributed by atoms with E-state index in [1.807, 2.05) is 6.92 Å². The number of rotatable bonds is 7. The molecule has 17 heavy (non-hydrogen) atoms. The topological polar surface area (TPSA) is 70.1 Å². The van der Waals surface area contributed by atoms with Gasteiger partial charge in [-0.25, -0.2) is 4.79 Å². The summed E-state index contributed by atoms with van der Waals surface area (Å²) in [6.45, 7) is 5.27. The van der Waals surface area contributed by atoms with Crippen molar-refractivity contribution in [3.05, 3.63) is 0 Å². The summed E-state index contributed by atoms with van der Waals surface area (Å²) in [5.74, 6) is -1.47. The van der Waals surface area contributed by atoms with Crippen LogP contribution < -0.4 is 0 Å². The molecule has 0 aromatic heterocycles. The number of nitrogens with zero attached hydrogens (tertiary/aromatic N) is 2. The highest BCUT2D eigenvalue weighted by molar-refractivity contribution is 5.75. The van der Waals surface area contributed by atoms with Gasteiger partial charge in [0.05, 0.1) is 12.5 Å². The lowest BCUT2D eigenvalue weighted by Gasteiger charge is -2.26. The third kappa shape index (κ3) is 6.11. The van der Waals surface area contributed by atoms with Gasteiger partial charge in [-0.2, -0.15) is 0 Å². The molecule has 0 aromatic rings. The number of amides is 2. The van der Waals surface area contributed by atoms with Gasteiger partial charge in [0.2, 0.25) is 0 Å². The smallest absolute Gasteiger partial charge is 0.319 e. The molecule has 2 amide bonds. The van der Waals surface area contributed by atoms with E-state index in [2.05, 4.69) is 0 Å². The van der Waals surface area contributed by atoms with E-state index < -0.39 is 11.9 Å². The fourth-order valence-corrected chi connectivity index (χ4v) is 1.30. The van der Waals surface area contributed by atoms with Gasteiger partial charge in [0, 0.05) is 33.8 Å². The van der Waals surface area contributed by atoms with Crippen molar-refractivity contribution in [1.82, 2.24) is 9.80 Å². The van der Waals surface area contributed by atoms with Gasteiger partial charge in [-0.05, 0) is 6.92 Å². The first-order valence-corrected chi connectivity index (χ1v) is 5.66. The van der Waals surface area contributed by atoms with Gasteiger partial charge in [-0.15, -0.1) is 0 Å². The average Bonchev–Trinajstić information content (AvgIpc) is 2.27. The second-order valence-corrected chi connectivity index (χ2v) is 4.02. The average molecular weight is 246 g/mol. The Labute approximate surface area is 102 Å². The lowest BCUT2D eigenvalue weighted by molar-refractivity contribution is -0.141. The van der Waals surface area contributed by atoms with E-state index in [9.17, 15) is 9.59 Å². The Balaban J connectivity index is 4.06. The van der Waals surface area contributed by atoms with Crippen LogP contribution in [-0.2, 0) is 9.53 Å². The standard InChI is InChI=1S/C11H22N2O4/c1-5-17-7-6-12(3)11(16)13(4)8-9(2)10(14)15/h9H,5-8H2,1-4H3,(H,14,15). The SMILES string of the molecule is CCOCCN(C)C(=O)N(C)CC(C)C(=O)O. The first-order valence-electron chi connectivity index (χ1n) is 5.66. The van der Waals surface area contributed by atoms with Crippen molar-refractivity contribution in [1.29, 1.82) is 0 Å². The molecule has 100 valence electrons. The number of hydrogen-bond donors (Lipinski definition) is 1. The molecule has 0 aromatic carbocycles. The van der Waals surface area contributed by atoms with Gasteiger partial charge in [-0.1, -0.05) is 6.92 Å². The zero-order chi connectivity index (χ0) is 13.4. The van der Waals surface area contributed by atoms with Crippen LogP contribution in [0.5, 0.6) is 0 Å². The minimum Gasteiger partial charge on any atom is -0.481 e. The van der Waals surface area contributed by atoms with Crippen molar-refractivity contribution in [2.24, 2.45) is 5.92 Å². The molecule has 6 heteroatoms. The zero-order valence-corrected chi connectivity index (χ0v) is 11.0. The minimum absolute atomic E-state index is 0.196. The lowest BCUT2D eigenvalue weighted by atomic mass is 10.2. The summed E-state index contributed by atoms with van der Waals surface area (Å²) in [4.78, 5) is 25.4. The van der Waals surface area contributed by atoms with Crippen molar-refractivity contribution >= 4 is 12.0 Å². The van der Waals surface area contributed by atoms with E-state index in [4.69, 9.17) is 9.84 Å². The summed E-state index contributed by atoms with van der Waals surface area (Å²) in [5, 5.41) is 8.75. The van der Waals surface area contributed by atoms with Gasteiger partial charge in [0.15, 0.2) is 0 Å². The number of likely N-dealkylation sites (N-methyl/N-ethyl adjacent to an activating group) is 1. The number of carbonyl (C=O) groups excluding carboxylic acids is 1. The van der Waals surface area contributed by atoms with Crippen LogP contribution in [0.4, 0.5) is 4.79 Å². The van der Waals surface area contributed by atoms with Crippen LogP contribution in [0, 0.1) is 5.92 Å². The molecule has 0 heterocycles. The molecule has 0 aliphatic carbocycles. The molecule has 0 aliphatic rings. The first-order chi connectivity index (χ1) is 7.90. The number of hydrogen-bond acceptors (Lipinski definition) is 3. The Morgan fingerprint density at radius 1 is 1.29 bits per heavy atom. The van der Waals surface area contributed by atoms with Crippen molar-refractivity contribution in [3.8, 4) is 0 Å². The summed E-state index contributed by atoms with van der Waals surface area (Å²) in [7, 11) is 3.27. The number of carbonyl (C=O) groups is 2. The van der Waals surface area contributed by atoms with Gasteiger partial charge in [0.25, 0.3) is 0 Å². The Morgan fingerprint density at radius 3 is 2.35 bits per heavy atom. The third-order valence-electron chi connectivity index (χ3n) is 2.40. The lowest BCUT2D eigenvalue weighted by Crippen LogP contribution is -2.43. The highest BCUT2D eigenvalue weighted by atomic mass is 16.5. The van der Waals surface area contributed by atoms with Gasteiger partial charge in [-0.3, -0.25) is 4.79 Å². The van der Waals surface area contributed by atoms with E-state index in [0.717, 1.165) is 0 Å². The molecule has 0 aliphatic heterocycles. The number of carboxylic acids is 1. The molecular weight excluding hydrogens is 224 g/mol. The molecule has 1 atom stereocenters. The van der Waals surface area contributed by atoms with E-state index in [1.165, 1.54) is 9.80 Å². The van der Waals surface area contributed by atoms with Crippen LogP contribution in [-0.4, -0.2) is 67.3 Å². The Kier molecular flexibility index (Phi) is 7.29. The number of carboxylic acid groups (broad SMARTS) is 1. The number of ether oxygens (including phenoxy) is 1. The predicted octanol–water partition coefficient (Wildman–Crippen LogP) is 0.727. The van der Waals surface area contributed by atoms with Crippen molar-refractivity contribution < 1.29 is 19.4 Å². The van der Waals surface area contributed by atoms with Crippen LogP contribution in [0.1, 0.15) is 13.8 Å². The second kappa shape index (κ2) is 7.89. The monoisotopic (exact) mass is 246 g/mol. The number of urea groups is 1. The molecule has 1 N–H and O–H groups in total. The summed E-state index contributed by atoms with van der Waals surface area (Å²) in [5.41, 5.74) is 0. The molecule has 0 rings (SSSR count). The molecule has 0 bridgehead atoms. The van der Waals surface area contributed by atoms with E-state index in [1.54, 1.807) is 21.0 Å². The summed E-state index contributed by atoms with van der Waals surface area (Å²) >= 11 is 0. The Hall–Kier alpha value is -1.30. The van der Waals surface area contributed by atoms with Crippen LogP contribution in [0.3, 0.4) is 0 Å². The van der Waals surface area contributed by atoms with Crippen LogP contribution in [0.25, 0.3) is 0 Å². The second-order valence-electron chi connectivity index (χ2n) is 4.02. The minimum atomic E-state index is -0.901. The fraction of sp³-hybridized carbons (Fsp3) is 0.818. The molecular formula is C11H22N2O4. The normalized spacial score (nSPS) is 12.0. The van der Waals surface area contributed by atoms with Crippen molar-refractivity contribution in [2.75, 3.05) is 40.4 Å². The summed E-state index contributed by atoms with van der Waals surface area (Å²) < 4.78 is 5.15. The molecule has 0 spiro atoms. The molecule has 0 fully saturated rings. The van der Waals surface area contributed by atoms with Gasteiger partial charge in [0.1, 0.15) is 0 Å². The molecule has 0 saturated heterocycles. The van der Waals surface area contributed by atoms with Crippen molar-refractivity contribution in [3.63, 3.8) is 0 Å². The van der Waals surface area contributed by atoms with Crippen molar-refractivity contribution in [2.45, 2.75) is 13.8 Å². The zero-order valence-electron chi connectivity index (χ0n) is 11.0. The largest absolute Gasteiger partial charge is 0.481 e. The highest BCUT2D eigenvalue weighted by Crippen LogP contribution is 2.01. The summed E-state index contributed by atoms with van der Waals surface area (Å²) in [6, 6.07) is -0.196. The van der Waals surface area contributed by atoms with Crippen LogP contribution in [0.2, 0.25) is 0 Å². The number of aliphatic carboxylic acids is 1. The van der Waals surface area contributed by atoms with Gasteiger partial charge < -0.3 is 19.6 Å². The van der Waals surface area contributed by atoms with Crippen LogP contribution in [0.15, 0.2) is 0 Å². The maximum Gasteiger partial charge on any atom is 0.319 e. The molecule has 6 nitrogen and oxygen atoms in total. The Morgan fingerprint density at radius 2 is 1.88 bits per heavy atom. The third-order valence-corrected chi connectivity index (χ3v) is 2.40. The molecule has 1 unspecified atom stereocenters. The van der Waals surface area contributed by atoms with Crippen LogP contribution >= 0.6 is 0 Å². The Bertz CT molecular complexity index is 258. The fourth-order valence-electron chi connectivity index (χ4n) is 1.30. The predicted molar refractivity (Wildman–Crippen MR) is 63.9 cm³/mol. The van der Waals surface area contributed by atoms with E-state index in [0.29, 0.717) is 19.8 Å². The van der Waals surface area contributed by atoms with Gasteiger partial charge >= 0.3 is 12.0 Å². The molecule has 0 radical (unpaired) electrons. The maximum atomic E-state index is 11.8. The molecule has 0 saturated carbocycles. The summed E-state index contributed by atoms with van der Waals surface area (Å²) in [6.07, 6.45) is 0. The maximum absolute atomic E-state index is 11.8.